The fourth-order valence-corrected chi connectivity index (χ4v) is 1.49. The molecule has 0 N–H and O–H groups in total. The third kappa shape index (κ3) is 6.16. The van der Waals surface area contributed by atoms with Crippen LogP contribution < -0.4 is 4.74 Å². The van der Waals surface area contributed by atoms with E-state index in [1.165, 1.54) is 32.1 Å². The largest absolute Gasteiger partial charge is 0.493 e. The van der Waals surface area contributed by atoms with Gasteiger partial charge < -0.3 is 4.74 Å². The van der Waals surface area contributed by atoms with Crippen LogP contribution in [0.25, 0.3) is 0 Å². The first-order valence-corrected chi connectivity index (χ1v) is 5.94. The van der Waals surface area contributed by atoms with Gasteiger partial charge in [-0.15, -0.1) is 0 Å². The minimum absolute atomic E-state index is 0.812. The van der Waals surface area contributed by atoms with Gasteiger partial charge in [-0.2, -0.15) is 0 Å². The third-order valence-electron chi connectivity index (χ3n) is 2.38. The number of unbranched alkanes of at least 4 members (excludes halogenated alkanes) is 5. The predicted molar refractivity (Wildman–Crippen MR) is 63.0 cm³/mol. The number of rotatable bonds is 8. The highest BCUT2D eigenvalue weighted by Crippen LogP contribution is 2.09. The van der Waals surface area contributed by atoms with Crippen LogP contribution in [0.3, 0.4) is 0 Å². The first-order chi connectivity index (χ1) is 7.43. The Kier molecular flexibility index (Phi) is 6.72. The van der Waals surface area contributed by atoms with E-state index >= 15 is 0 Å². The summed E-state index contributed by atoms with van der Waals surface area (Å²) in [6, 6.07) is 11.4. The van der Waals surface area contributed by atoms with Gasteiger partial charge in [0.1, 0.15) is 5.75 Å². The van der Waals surface area contributed by atoms with Crippen molar-refractivity contribution in [3.63, 3.8) is 0 Å². The van der Waals surface area contributed by atoms with Crippen LogP contribution in [0.2, 0.25) is 0 Å². The number of benzene rings is 1. The second-order valence-corrected chi connectivity index (χ2v) is 3.77. The van der Waals surface area contributed by atoms with Gasteiger partial charge in [0.05, 0.1) is 6.61 Å². The van der Waals surface area contributed by atoms with Crippen molar-refractivity contribution in [2.75, 3.05) is 6.61 Å². The Bertz CT molecular complexity index is 230. The molecule has 1 aromatic carbocycles. The lowest BCUT2D eigenvalue weighted by Crippen LogP contribution is -1.96. The molecule has 1 aromatic rings. The average molecular weight is 204 g/mol. The molecule has 1 nitrogen and oxygen atoms in total. The second-order valence-electron chi connectivity index (χ2n) is 3.77. The molecule has 0 spiro atoms. The van der Waals surface area contributed by atoms with Gasteiger partial charge in [0.25, 0.3) is 0 Å². The van der Waals surface area contributed by atoms with E-state index in [4.69, 9.17) is 4.74 Å². The summed E-state index contributed by atoms with van der Waals surface area (Å²) in [5, 5.41) is 0. The lowest BCUT2D eigenvalue weighted by molar-refractivity contribution is 0.304. The van der Waals surface area contributed by atoms with Gasteiger partial charge in [0.2, 0.25) is 0 Å². The summed E-state index contributed by atoms with van der Waals surface area (Å²) in [4.78, 5) is 0. The van der Waals surface area contributed by atoms with E-state index in [2.05, 4.69) is 19.1 Å². The highest BCUT2D eigenvalue weighted by Gasteiger charge is 1.92. The molecule has 0 saturated carbocycles. The molecule has 2 radical (unpaired) electrons. The van der Waals surface area contributed by atoms with E-state index < -0.39 is 0 Å². The molecular weight excluding hydrogens is 184 g/mol. The van der Waals surface area contributed by atoms with Gasteiger partial charge in [-0.3, -0.25) is 0 Å². The van der Waals surface area contributed by atoms with Gasteiger partial charge >= 0.3 is 0 Å². The van der Waals surface area contributed by atoms with E-state index in [0.717, 1.165) is 18.8 Å². The Morgan fingerprint density at radius 1 is 1.13 bits per heavy atom. The van der Waals surface area contributed by atoms with Gasteiger partial charge in [0, 0.05) is 6.07 Å². The zero-order valence-electron chi connectivity index (χ0n) is 9.59. The van der Waals surface area contributed by atoms with E-state index in [9.17, 15) is 0 Å². The molecule has 0 aliphatic heterocycles. The molecule has 0 fully saturated rings. The first kappa shape index (κ1) is 12.1. The van der Waals surface area contributed by atoms with Crippen LogP contribution in [0.5, 0.6) is 5.75 Å². The van der Waals surface area contributed by atoms with E-state index in [-0.39, 0.29) is 0 Å². The molecule has 0 amide bonds. The summed E-state index contributed by atoms with van der Waals surface area (Å²) >= 11 is 0. The van der Waals surface area contributed by atoms with Gasteiger partial charge in [-0.25, -0.2) is 0 Å². The standard InChI is InChI=1S/C14H20O/c1-2-3-4-5-6-10-13-15-14-11-8-7-9-12-14/h8-9,11H,2-6,10,13H2,1H3. The molecular formula is C14H20O. The maximum absolute atomic E-state index is 5.54. The Morgan fingerprint density at radius 3 is 2.67 bits per heavy atom. The summed E-state index contributed by atoms with van der Waals surface area (Å²) in [6.45, 7) is 3.05. The normalized spacial score (nSPS) is 10.2. The lowest BCUT2D eigenvalue weighted by atomic mass is 10.1. The van der Waals surface area contributed by atoms with Crippen LogP contribution in [0, 0.1) is 12.1 Å². The van der Waals surface area contributed by atoms with Crippen molar-refractivity contribution >= 4 is 0 Å². The fourth-order valence-electron chi connectivity index (χ4n) is 1.49. The van der Waals surface area contributed by atoms with Gasteiger partial charge in [0.15, 0.2) is 0 Å². The van der Waals surface area contributed by atoms with E-state index in [1.807, 2.05) is 12.1 Å². The molecule has 0 aromatic heterocycles. The van der Waals surface area contributed by atoms with Crippen LogP contribution >= 0.6 is 0 Å². The van der Waals surface area contributed by atoms with Crippen molar-refractivity contribution in [2.24, 2.45) is 0 Å². The zero-order valence-corrected chi connectivity index (χ0v) is 9.59. The molecule has 0 bridgehead atoms. The summed E-state index contributed by atoms with van der Waals surface area (Å²) < 4.78 is 5.54. The van der Waals surface area contributed by atoms with Crippen LogP contribution in [-0.4, -0.2) is 6.61 Å². The van der Waals surface area contributed by atoms with Crippen molar-refractivity contribution in [2.45, 2.75) is 45.4 Å². The topological polar surface area (TPSA) is 9.23 Å². The average Bonchev–Trinajstić information content (AvgIpc) is 2.29. The summed E-state index contributed by atoms with van der Waals surface area (Å²) in [5.74, 6) is 0.835. The molecule has 0 aliphatic carbocycles. The van der Waals surface area contributed by atoms with E-state index in [0.29, 0.717) is 0 Å². The Hall–Kier alpha value is -0.980. The van der Waals surface area contributed by atoms with Gasteiger partial charge in [-0.05, 0) is 24.6 Å². The maximum Gasteiger partial charge on any atom is 0.127 e. The van der Waals surface area contributed by atoms with Crippen LogP contribution in [-0.2, 0) is 0 Å². The number of ether oxygens (including phenoxy) is 1. The summed E-state index contributed by atoms with van der Waals surface area (Å²) in [7, 11) is 0. The molecule has 0 aliphatic rings. The van der Waals surface area contributed by atoms with Crippen molar-refractivity contribution in [3.05, 3.63) is 30.3 Å². The highest BCUT2D eigenvalue weighted by molar-refractivity contribution is 5.18. The number of hydrogen-bond donors (Lipinski definition) is 0. The van der Waals surface area contributed by atoms with Crippen molar-refractivity contribution in [1.29, 1.82) is 0 Å². The minimum Gasteiger partial charge on any atom is -0.493 e. The smallest absolute Gasteiger partial charge is 0.127 e. The molecule has 0 saturated heterocycles. The van der Waals surface area contributed by atoms with E-state index in [1.54, 1.807) is 6.07 Å². The summed E-state index contributed by atoms with van der Waals surface area (Å²) in [5.41, 5.74) is 0. The molecule has 0 unspecified atom stereocenters. The fraction of sp³-hybridized carbons (Fsp3) is 0.571. The minimum atomic E-state index is 0.812. The molecule has 1 rings (SSSR count). The molecule has 1 heteroatoms. The SMILES string of the molecule is CCCCCCCCOc1[c]c[c]cc1. The van der Waals surface area contributed by atoms with Crippen LogP contribution in [0.15, 0.2) is 18.2 Å². The second kappa shape index (κ2) is 8.34. The predicted octanol–water partition coefficient (Wildman–Crippen LogP) is 4.03. The van der Waals surface area contributed by atoms with Crippen molar-refractivity contribution in [3.8, 4) is 5.75 Å². The van der Waals surface area contributed by atoms with Crippen molar-refractivity contribution < 1.29 is 4.74 Å². The lowest BCUT2D eigenvalue weighted by Gasteiger charge is -2.04. The van der Waals surface area contributed by atoms with Crippen molar-refractivity contribution in [1.82, 2.24) is 0 Å². The zero-order chi connectivity index (χ0) is 10.8. The molecule has 15 heavy (non-hydrogen) atoms. The quantitative estimate of drug-likeness (QED) is 0.581. The molecule has 0 heterocycles. The Labute approximate surface area is 93.5 Å². The maximum atomic E-state index is 5.54. The Morgan fingerprint density at radius 2 is 1.93 bits per heavy atom. The van der Waals surface area contributed by atoms with Crippen LogP contribution in [0.1, 0.15) is 45.4 Å². The monoisotopic (exact) mass is 204 g/mol. The number of hydrogen-bond acceptors (Lipinski definition) is 1. The summed E-state index contributed by atoms with van der Waals surface area (Å²) in [6.07, 6.45) is 7.80. The molecule has 82 valence electrons. The Balaban J connectivity index is 1.93. The van der Waals surface area contributed by atoms with Crippen LogP contribution in [0.4, 0.5) is 0 Å². The third-order valence-corrected chi connectivity index (χ3v) is 2.38. The first-order valence-electron chi connectivity index (χ1n) is 5.94. The highest BCUT2D eigenvalue weighted by atomic mass is 16.5. The molecule has 0 atom stereocenters. The van der Waals surface area contributed by atoms with Gasteiger partial charge in [-0.1, -0.05) is 45.1 Å².